The van der Waals surface area contributed by atoms with Gasteiger partial charge in [-0.1, -0.05) is 6.07 Å². The molecule has 1 atom stereocenters. The third-order valence-electron chi connectivity index (χ3n) is 1.37. The predicted octanol–water partition coefficient (Wildman–Crippen LogP) is 0.204. The van der Waals surface area contributed by atoms with E-state index >= 15 is 0 Å². The van der Waals surface area contributed by atoms with Crippen molar-refractivity contribution in [2.24, 2.45) is 0 Å². The third-order valence-corrected chi connectivity index (χ3v) is 2.36. The van der Waals surface area contributed by atoms with E-state index in [0.717, 1.165) is 4.88 Å². The molecule has 1 heterocycles. The Labute approximate surface area is 68.8 Å². The molecule has 11 heavy (non-hydrogen) atoms. The number of rotatable bonds is 2. The van der Waals surface area contributed by atoms with Crippen molar-refractivity contribution in [1.82, 2.24) is 0 Å². The predicted molar refractivity (Wildman–Crippen MR) is 42.0 cm³/mol. The van der Waals surface area contributed by atoms with Crippen LogP contribution < -0.4 is 5.73 Å². The summed E-state index contributed by atoms with van der Waals surface area (Å²) in [5.74, 6) is -0.285. The molecule has 0 bridgehead atoms. The fourth-order valence-electron chi connectivity index (χ4n) is 0.748. The van der Waals surface area contributed by atoms with Crippen LogP contribution in [-0.2, 0) is 9.53 Å². The summed E-state index contributed by atoms with van der Waals surface area (Å²) < 4.78 is 4.54. The average Bonchev–Trinajstić information content (AvgIpc) is 2.53. The smallest absolute Gasteiger partial charge is 0.370 e. The van der Waals surface area contributed by atoms with Gasteiger partial charge < -0.3 is 10.5 Å². The molecule has 0 aliphatic rings. The van der Waals surface area contributed by atoms with Crippen LogP contribution >= 0.6 is 11.3 Å². The lowest BCUT2D eigenvalue weighted by Gasteiger charge is -2.01. The lowest BCUT2D eigenvalue weighted by Crippen LogP contribution is -2.57. The van der Waals surface area contributed by atoms with Crippen molar-refractivity contribution in [3.63, 3.8) is 0 Å². The van der Waals surface area contributed by atoms with Crippen molar-refractivity contribution in [1.29, 1.82) is 0 Å². The van der Waals surface area contributed by atoms with Crippen LogP contribution in [0.4, 0.5) is 0 Å². The number of ether oxygens (including phenoxy) is 1. The maximum Gasteiger partial charge on any atom is 0.370 e. The normalized spacial score (nSPS) is 12.5. The van der Waals surface area contributed by atoms with Crippen LogP contribution in [0.15, 0.2) is 17.5 Å². The quantitative estimate of drug-likeness (QED) is 0.648. The second kappa shape index (κ2) is 3.50. The summed E-state index contributed by atoms with van der Waals surface area (Å²) >= 11 is 1.51. The first-order valence-corrected chi connectivity index (χ1v) is 4.08. The van der Waals surface area contributed by atoms with E-state index in [1.807, 2.05) is 17.5 Å². The number of methoxy groups -OCH3 is 1. The van der Waals surface area contributed by atoms with E-state index in [4.69, 9.17) is 0 Å². The molecule has 1 aromatic heterocycles. The number of carbonyl (C=O) groups excluding carboxylic acids is 1. The zero-order chi connectivity index (χ0) is 8.27. The molecule has 0 fully saturated rings. The van der Waals surface area contributed by atoms with Gasteiger partial charge >= 0.3 is 5.97 Å². The lowest BCUT2D eigenvalue weighted by molar-refractivity contribution is -0.413. The van der Waals surface area contributed by atoms with Crippen molar-refractivity contribution in [3.8, 4) is 0 Å². The number of esters is 1. The summed E-state index contributed by atoms with van der Waals surface area (Å²) in [4.78, 5) is 11.9. The second-order valence-electron chi connectivity index (χ2n) is 2.09. The van der Waals surface area contributed by atoms with Crippen molar-refractivity contribution in [2.45, 2.75) is 6.04 Å². The minimum atomic E-state index is -0.375. The molecular formula is C7H10NO2S+. The van der Waals surface area contributed by atoms with Gasteiger partial charge in [0.1, 0.15) is 0 Å². The van der Waals surface area contributed by atoms with Crippen LogP contribution in [-0.4, -0.2) is 13.1 Å². The van der Waals surface area contributed by atoms with E-state index in [9.17, 15) is 4.79 Å². The Kier molecular flexibility index (Phi) is 2.62. The summed E-state index contributed by atoms with van der Waals surface area (Å²) in [5.41, 5.74) is 3.69. The average molecular weight is 172 g/mol. The summed E-state index contributed by atoms with van der Waals surface area (Å²) in [6.45, 7) is 0. The molecule has 3 nitrogen and oxygen atoms in total. The molecule has 4 heteroatoms. The highest BCUT2D eigenvalue weighted by atomic mass is 32.1. The van der Waals surface area contributed by atoms with Crippen LogP contribution in [0.5, 0.6) is 0 Å². The summed E-state index contributed by atoms with van der Waals surface area (Å²) in [5, 5.41) is 1.91. The van der Waals surface area contributed by atoms with Gasteiger partial charge in [-0.3, -0.25) is 0 Å². The molecule has 1 rings (SSSR count). The van der Waals surface area contributed by atoms with E-state index in [-0.39, 0.29) is 12.0 Å². The van der Waals surface area contributed by atoms with Gasteiger partial charge in [-0.15, -0.1) is 11.3 Å². The Balaban J connectivity index is 2.70. The lowest BCUT2D eigenvalue weighted by atomic mass is 10.3. The van der Waals surface area contributed by atoms with Gasteiger partial charge in [-0.25, -0.2) is 4.79 Å². The summed E-state index contributed by atoms with van der Waals surface area (Å²) in [6.07, 6.45) is 0. The molecule has 0 aromatic carbocycles. The van der Waals surface area contributed by atoms with Crippen LogP contribution in [0.3, 0.4) is 0 Å². The Hall–Kier alpha value is -0.870. The van der Waals surface area contributed by atoms with Gasteiger partial charge in [0.2, 0.25) is 6.04 Å². The maximum atomic E-state index is 10.9. The van der Waals surface area contributed by atoms with Gasteiger partial charge in [0.05, 0.1) is 12.0 Å². The highest BCUT2D eigenvalue weighted by Gasteiger charge is 2.20. The standard InChI is InChI=1S/C7H9NO2S/c1-10-7(9)6(8)5-3-2-4-11-5/h2-4,6H,8H2,1H3/p+1/t6-/m0/s1. The Morgan fingerprint density at radius 1 is 1.82 bits per heavy atom. The van der Waals surface area contributed by atoms with Crippen molar-refractivity contribution >= 4 is 17.3 Å². The molecule has 0 amide bonds. The second-order valence-corrected chi connectivity index (χ2v) is 3.07. The number of carbonyl (C=O) groups is 1. The van der Waals surface area contributed by atoms with E-state index in [1.165, 1.54) is 18.4 Å². The van der Waals surface area contributed by atoms with E-state index in [0.29, 0.717) is 0 Å². The van der Waals surface area contributed by atoms with Gasteiger partial charge in [0, 0.05) is 0 Å². The Morgan fingerprint density at radius 3 is 3.00 bits per heavy atom. The largest absolute Gasteiger partial charge is 0.464 e. The number of quaternary nitrogens is 1. The first-order chi connectivity index (χ1) is 5.25. The van der Waals surface area contributed by atoms with Crippen molar-refractivity contribution in [3.05, 3.63) is 22.4 Å². The first-order valence-electron chi connectivity index (χ1n) is 3.20. The van der Waals surface area contributed by atoms with E-state index in [2.05, 4.69) is 10.5 Å². The maximum absolute atomic E-state index is 10.9. The first kappa shape index (κ1) is 8.23. The zero-order valence-corrected chi connectivity index (χ0v) is 7.06. The highest BCUT2D eigenvalue weighted by molar-refractivity contribution is 7.10. The molecule has 0 unspecified atom stereocenters. The topological polar surface area (TPSA) is 53.9 Å². The minimum Gasteiger partial charge on any atom is -0.464 e. The number of hydrogen-bond donors (Lipinski definition) is 1. The Bertz CT molecular complexity index is 233. The van der Waals surface area contributed by atoms with Crippen LogP contribution in [0, 0.1) is 0 Å². The van der Waals surface area contributed by atoms with Crippen LogP contribution in [0.1, 0.15) is 10.9 Å². The number of hydrogen-bond acceptors (Lipinski definition) is 3. The monoisotopic (exact) mass is 172 g/mol. The van der Waals surface area contributed by atoms with E-state index < -0.39 is 0 Å². The molecule has 0 spiro atoms. The number of thiophene rings is 1. The Morgan fingerprint density at radius 2 is 2.55 bits per heavy atom. The van der Waals surface area contributed by atoms with Crippen molar-refractivity contribution in [2.75, 3.05) is 7.11 Å². The van der Waals surface area contributed by atoms with Crippen LogP contribution in [0.2, 0.25) is 0 Å². The molecule has 0 aliphatic heterocycles. The summed E-state index contributed by atoms with van der Waals surface area (Å²) in [6, 6.07) is 3.39. The minimum absolute atomic E-state index is 0.285. The fraction of sp³-hybridized carbons (Fsp3) is 0.286. The molecule has 3 N–H and O–H groups in total. The molecule has 0 saturated carbocycles. The SMILES string of the molecule is COC(=O)[C@@H]([NH3+])c1cccs1. The summed E-state index contributed by atoms with van der Waals surface area (Å²) in [7, 11) is 1.37. The van der Waals surface area contributed by atoms with E-state index in [1.54, 1.807) is 0 Å². The molecule has 0 aliphatic carbocycles. The van der Waals surface area contributed by atoms with Gasteiger partial charge in [-0.2, -0.15) is 0 Å². The molecule has 1 aromatic rings. The zero-order valence-electron chi connectivity index (χ0n) is 6.24. The molecule has 60 valence electrons. The van der Waals surface area contributed by atoms with Crippen LogP contribution in [0.25, 0.3) is 0 Å². The third kappa shape index (κ3) is 1.78. The van der Waals surface area contributed by atoms with Gasteiger partial charge in [0.15, 0.2) is 0 Å². The fourth-order valence-corrected chi connectivity index (χ4v) is 1.48. The van der Waals surface area contributed by atoms with Gasteiger partial charge in [-0.05, 0) is 11.4 Å². The van der Waals surface area contributed by atoms with Crippen molar-refractivity contribution < 1.29 is 15.3 Å². The highest BCUT2D eigenvalue weighted by Crippen LogP contribution is 2.15. The molecule has 0 radical (unpaired) electrons. The van der Waals surface area contributed by atoms with Gasteiger partial charge in [0.25, 0.3) is 0 Å². The molecule has 0 saturated heterocycles. The molecular weight excluding hydrogens is 162 g/mol.